The molecule has 0 saturated heterocycles. The molecule has 0 aromatic heterocycles. The van der Waals surface area contributed by atoms with Crippen LogP contribution in [0.2, 0.25) is 0 Å². The second-order valence-corrected chi connectivity index (χ2v) is 6.42. The number of fused-ring (bicyclic) bond motifs is 1. The highest BCUT2D eigenvalue weighted by atomic mass is 16.5. The first-order valence-corrected chi connectivity index (χ1v) is 9.19. The fraction of sp³-hybridized carbons (Fsp3) is 0.250. The molecule has 2 heteroatoms. The van der Waals surface area contributed by atoms with Crippen molar-refractivity contribution in [2.75, 3.05) is 13.7 Å². The van der Waals surface area contributed by atoms with E-state index in [1.54, 1.807) is 7.11 Å². The van der Waals surface area contributed by atoms with E-state index in [9.17, 15) is 0 Å². The molecule has 0 aliphatic rings. The first-order chi connectivity index (χ1) is 12.8. The lowest BCUT2D eigenvalue weighted by atomic mass is 10.0. The Morgan fingerprint density at radius 3 is 2.42 bits per heavy atom. The zero-order chi connectivity index (χ0) is 18.2. The van der Waals surface area contributed by atoms with E-state index in [2.05, 4.69) is 55.5 Å². The Bertz CT molecular complexity index is 863. The molecule has 0 radical (unpaired) electrons. The van der Waals surface area contributed by atoms with Crippen LogP contribution in [-0.2, 0) is 11.3 Å². The summed E-state index contributed by atoms with van der Waals surface area (Å²) in [5, 5.41) is 2.53. The maximum absolute atomic E-state index is 6.01. The predicted octanol–water partition coefficient (Wildman–Crippen LogP) is 6.25. The van der Waals surface area contributed by atoms with Crippen molar-refractivity contribution in [3.05, 3.63) is 83.9 Å². The van der Waals surface area contributed by atoms with Crippen molar-refractivity contribution in [2.24, 2.45) is 0 Å². The molecule has 0 unspecified atom stereocenters. The van der Waals surface area contributed by atoms with Gasteiger partial charge in [0.15, 0.2) is 0 Å². The van der Waals surface area contributed by atoms with Crippen LogP contribution >= 0.6 is 0 Å². The van der Waals surface area contributed by atoms with Gasteiger partial charge in [0.1, 0.15) is 5.75 Å². The third-order valence-corrected chi connectivity index (χ3v) is 4.49. The molecule has 0 bridgehead atoms. The van der Waals surface area contributed by atoms with E-state index in [4.69, 9.17) is 9.47 Å². The molecular formula is C24H26O2. The van der Waals surface area contributed by atoms with Gasteiger partial charge in [0, 0.05) is 0 Å². The van der Waals surface area contributed by atoms with E-state index in [-0.39, 0.29) is 0 Å². The summed E-state index contributed by atoms with van der Waals surface area (Å²) in [6.45, 7) is 3.41. The van der Waals surface area contributed by atoms with Gasteiger partial charge in [0.05, 0.1) is 20.3 Å². The topological polar surface area (TPSA) is 18.5 Å². The smallest absolute Gasteiger partial charge is 0.118 e. The molecule has 0 N–H and O–H groups in total. The molecule has 0 aliphatic heterocycles. The van der Waals surface area contributed by atoms with Gasteiger partial charge in [-0.3, -0.25) is 0 Å². The SMILES string of the molecule is CCC/C=C(/COCc1ccc(OC)cc1)c1ccc2ccccc2c1. The second kappa shape index (κ2) is 9.21. The summed E-state index contributed by atoms with van der Waals surface area (Å²) >= 11 is 0. The third kappa shape index (κ3) is 4.74. The Kier molecular flexibility index (Phi) is 6.45. The quantitative estimate of drug-likeness (QED) is 0.480. The van der Waals surface area contributed by atoms with Gasteiger partial charge in [-0.1, -0.05) is 68.0 Å². The van der Waals surface area contributed by atoms with Gasteiger partial charge in [-0.2, -0.15) is 0 Å². The van der Waals surface area contributed by atoms with E-state index in [1.165, 1.54) is 21.9 Å². The molecular weight excluding hydrogens is 320 g/mol. The number of hydrogen-bond acceptors (Lipinski definition) is 2. The summed E-state index contributed by atoms with van der Waals surface area (Å²) in [4.78, 5) is 0. The zero-order valence-electron chi connectivity index (χ0n) is 15.6. The van der Waals surface area contributed by atoms with Gasteiger partial charge in [0.25, 0.3) is 0 Å². The van der Waals surface area contributed by atoms with Gasteiger partial charge in [0.2, 0.25) is 0 Å². The maximum atomic E-state index is 6.01. The van der Waals surface area contributed by atoms with Crippen LogP contribution in [0.25, 0.3) is 16.3 Å². The van der Waals surface area contributed by atoms with Crippen molar-refractivity contribution in [1.82, 2.24) is 0 Å². The van der Waals surface area contributed by atoms with Crippen LogP contribution in [0.1, 0.15) is 30.9 Å². The molecule has 2 nitrogen and oxygen atoms in total. The number of methoxy groups -OCH3 is 1. The molecule has 0 fully saturated rings. The highest BCUT2D eigenvalue weighted by Crippen LogP contribution is 2.23. The second-order valence-electron chi connectivity index (χ2n) is 6.42. The molecule has 0 atom stereocenters. The van der Waals surface area contributed by atoms with E-state index >= 15 is 0 Å². The summed E-state index contributed by atoms with van der Waals surface area (Å²) in [5.74, 6) is 0.869. The Morgan fingerprint density at radius 1 is 0.923 bits per heavy atom. The Hall–Kier alpha value is -2.58. The van der Waals surface area contributed by atoms with Crippen LogP contribution in [0, 0.1) is 0 Å². The first-order valence-electron chi connectivity index (χ1n) is 9.19. The number of unbranched alkanes of at least 4 members (excludes halogenated alkanes) is 1. The van der Waals surface area contributed by atoms with Crippen molar-refractivity contribution >= 4 is 16.3 Å². The van der Waals surface area contributed by atoms with Crippen molar-refractivity contribution < 1.29 is 9.47 Å². The number of rotatable bonds is 8. The van der Waals surface area contributed by atoms with Gasteiger partial charge >= 0.3 is 0 Å². The zero-order valence-corrected chi connectivity index (χ0v) is 15.6. The van der Waals surface area contributed by atoms with Crippen molar-refractivity contribution in [3.63, 3.8) is 0 Å². The van der Waals surface area contributed by atoms with E-state index < -0.39 is 0 Å². The standard InChI is InChI=1S/C24H26O2/c1-3-4-7-23(18-26-17-19-10-14-24(25-2)15-11-19)22-13-12-20-8-5-6-9-21(20)16-22/h5-16H,3-4,17-18H2,1-2H3/b23-7-. The minimum absolute atomic E-state index is 0.598. The molecule has 0 aliphatic carbocycles. The van der Waals surface area contributed by atoms with Crippen molar-refractivity contribution in [2.45, 2.75) is 26.4 Å². The van der Waals surface area contributed by atoms with Crippen LogP contribution < -0.4 is 4.74 Å². The van der Waals surface area contributed by atoms with Crippen LogP contribution in [0.5, 0.6) is 5.75 Å². The summed E-state index contributed by atoms with van der Waals surface area (Å²) in [6.07, 6.45) is 4.50. The number of ether oxygens (including phenoxy) is 2. The monoisotopic (exact) mass is 346 g/mol. The van der Waals surface area contributed by atoms with E-state index in [0.29, 0.717) is 13.2 Å². The van der Waals surface area contributed by atoms with Gasteiger partial charge in [-0.25, -0.2) is 0 Å². The molecule has 3 aromatic rings. The van der Waals surface area contributed by atoms with Crippen LogP contribution in [0.4, 0.5) is 0 Å². The lowest BCUT2D eigenvalue weighted by molar-refractivity contribution is 0.153. The maximum Gasteiger partial charge on any atom is 0.118 e. The highest BCUT2D eigenvalue weighted by Gasteiger charge is 2.04. The normalized spacial score (nSPS) is 11.7. The van der Waals surface area contributed by atoms with Crippen LogP contribution in [0.15, 0.2) is 72.8 Å². The van der Waals surface area contributed by atoms with E-state index in [1.807, 2.05) is 24.3 Å². The van der Waals surface area contributed by atoms with Crippen molar-refractivity contribution in [3.8, 4) is 5.75 Å². The highest BCUT2D eigenvalue weighted by molar-refractivity contribution is 5.86. The number of benzene rings is 3. The molecule has 26 heavy (non-hydrogen) atoms. The van der Waals surface area contributed by atoms with Crippen LogP contribution in [-0.4, -0.2) is 13.7 Å². The molecule has 0 saturated carbocycles. The molecule has 0 heterocycles. The minimum Gasteiger partial charge on any atom is -0.497 e. The van der Waals surface area contributed by atoms with Crippen molar-refractivity contribution in [1.29, 1.82) is 0 Å². The average molecular weight is 346 g/mol. The summed E-state index contributed by atoms with van der Waals surface area (Å²) in [6, 6.07) is 23.1. The Morgan fingerprint density at radius 2 is 1.69 bits per heavy atom. The molecule has 3 rings (SSSR count). The molecule has 0 spiro atoms. The number of allylic oxidation sites excluding steroid dienone is 1. The average Bonchev–Trinajstić information content (AvgIpc) is 2.70. The van der Waals surface area contributed by atoms with E-state index in [0.717, 1.165) is 24.2 Å². The van der Waals surface area contributed by atoms with Gasteiger partial charge < -0.3 is 9.47 Å². The third-order valence-electron chi connectivity index (χ3n) is 4.49. The summed E-state index contributed by atoms with van der Waals surface area (Å²) in [7, 11) is 1.68. The number of hydrogen-bond donors (Lipinski definition) is 0. The van der Waals surface area contributed by atoms with Gasteiger partial charge in [-0.05, 0) is 52.1 Å². The summed E-state index contributed by atoms with van der Waals surface area (Å²) in [5.41, 5.74) is 3.65. The fourth-order valence-electron chi connectivity index (χ4n) is 2.97. The molecule has 134 valence electrons. The fourth-order valence-corrected chi connectivity index (χ4v) is 2.97. The first kappa shape index (κ1) is 18.2. The minimum atomic E-state index is 0.598. The Balaban J connectivity index is 1.70. The molecule has 3 aromatic carbocycles. The molecule has 0 amide bonds. The Labute approximate surface area is 156 Å². The predicted molar refractivity (Wildman–Crippen MR) is 109 cm³/mol. The largest absolute Gasteiger partial charge is 0.497 e. The lowest BCUT2D eigenvalue weighted by Crippen LogP contribution is -1.99. The lowest BCUT2D eigenvalue weighted by Gasteiger charge is -2.11. The van der Waals surface area contributed by atoms with Crippen LogP contribution in [0.3, 0.4) is 0 Å². The summed E-state index contributed by atoms with van der Waals surface area (Å²) < 4.78 is 11.2. The van der Waals surface area contributed by atoms with Gasteiger partial charge in [-0.15, -0.1) is 0 Å².